The lowest BCUT2D eigenvalue weighted by atomic mass is 10.0. The highest BCUT2D eigenvalue weighted by molar-refractivity contribution is 6.06. The number of fused-ring (bicyclic) bond motifs is 3. The van der Waals surface area contributed by atoms with Crippen molar-refractivity contribution in [2.24, 2.45) is 0 Å². The van der Waals surface area contributed by atoms with Gasteiger partial charge in [-0.3, -0.25) is 0 Å². The van der Waals surface area contributed by atoms with Crippen molar-refractivity contribution in [3.8, 4) is 11.6 Å². The topological polar surface area (TPSA) is 31.4 Å². The summed E-state index contributed by atoms with van der Waals surface area (Å²) in [7, 11) is 0. The molecule has 0 radical (unpaired) electrons. The summed E-state index contributed by atoms with van der Waals surface area (Å²) in [5.41, 5.74) is 0.975. The Morgan fingerprint density at radius 1 is 0.655 bits per heavy atom. The first-order valence-electron chi connectivity index (χ1n) is 11.4. The van der Waals surface area contributed by atoms with Crippen molar-refractivity contribution in [3.05, 3.63) is 42.5 Å². The van der Waals surface area contributed by atoms with E-state index in [0.717, 1.165) is 49.1 Å². The minimum absolute atomic E-state index is 0.708. The first-order chi connectivity index (χ1) is 14.3. The summed E-state index contributed by atoms with van der Waals surface area (Å²) < 4.78 is 11.7. The molecule has 0 unspecified atom stereocenters. The number of ether oxygens (including phenoxy) is 2. The number of nitrogens with zero attached hydrogens (tertiary/aromatic N) is 1. The van der Waals surface area contributed by atoms with E-state index in [4.69, 9.17) is 9.47 Å². The quantitative estimate of drug-likeness (QED) is 0.220. The average Bonchev–Trinajstić information content (AvgIpc) is 2.75. The van der Waals surface area contributed by atoms with Gasteiger partial charge in [-0.15, -0.1) is 0 Å². The molecule has 0 spiro atoms. The van der Waals surface area contributed by atoms with E-state index in [0.29, 0.717) is 5.88 Å². The van der Waals surface area contributed by atoms with Crippen molar-refractivity contribution in [3.63, 3.8) is 0 Å². The molecule has 3 nitrogen and oxygen atoms in total. The highest BCUT2D eigenvalue weighted by Crippen LogP contribution is 2.29. The number of pyridine rings is 1. The first kappa shape index (κ1) is 21.4. The van der Waals surface area contributed by atoms with Crippen LogP contribution in [0.2, 0.25) is 0 Å². The number of rotatable bonds is 13. The smallest absolute Gasteiger partial charge is 0.213 e. The van der Waals surface area contributed by atoms with Gasteiger partial charge in [-0.25, -0.2) is 4.98 Å². The molecule has 3 heteroatoms. The summed E-state index contributed by atoms with van der Waals surface area (Å²) in [6.45, 7) is 5.95. The Hall–Kier alpha value is -2.29. The molecule has 0 N–H and O–H groups in total. The summed E-state index contributed by atoms with van der Waals surface area (Å²) in [5, 5.41) is 3.55. The predicted molar refractivity (Wildman–Crippen MR) is 123 cm³/mol. The third-order valence-corrected chi connectivity index (χ3v) is 5.40. The van der Waals surface area contributed by atoms with Crippen LogP contribution in [-0.4, -0.2) is 18.2 Å². The molecule has 0 saturated heterocycles. The molecule has 0 bridgehead atoms. The van der Waals surface area contributed by atoms with Crippen LogP contribution < -0.4 is 9.47 Å². The number of hydrogen-bond acceptors (Lipinski definition) is 3. The van der Waals surface area contributed by atoms with Gasteiger partial charge in [-0.1, -0.05) is 70.9 Å². The average molecular weight is 394 g/mol. The summed E-state index contributed by atoms with van der Waals surface area (Å²) in [4.78, 5) is 4.66. The number of hydrogen-bond donors (Lipinski definition) is 0. The summed E-state index contributed by atoms with van der Waals surface area (Å²) in [6, 6.07) is 14.7. The van der Waals surface area contributed by atoms with Crippen molar-refractivity contribution in [1.82, 2.24) is 4.98 Å². The second-order valence-electron chi connectivity index (χ2n) is 7.84. The molecule has 3 rings (SSSR count). The molecule has 0 aliphatic heterocycles. The van der Waals surface area contributed by atoms with Crippen molar-refractivity contribution in [2.75, 3.05) is 13.2 Å². The molecule has 3 aromatic rings. The molecule has 0 saturated carbocycles. The van der Waals surface area contributed by atoms with Gasteiger partial charge in [0.1, 0.15) is 5.75 Å². The van der Waals surface area contributed by atoms with Crippen LogP contribution in [0.15, 0.2) is 42.5 Å². The van der Waals surface area contributed by atoms with E-state index in [1.807, 2.05) is 6.07 Å². The lowest BCUT2D eigenvalue weighted by molar-refractivity contribution is 0.299. The van der Waals surface area contributed by atoms with E-state index in [-0.39, 0.29) is 0 Å². The van der Waals surface area contributed by atoms with Gasteiger partial charge < -0.3 is 9.47 Å². The van der Waals surface area contributed by atoms with Crippen molar-refractivity contribution < 1.29 is 9.47 Å². The zero-order valence-corrected chi connectivity index (χ0v) is 18.1. The Kier molecular flexibility index (Phi) is 8.60. The molecule has 0 atom stereocenters. The van der Waals surface area contributed by atoms with E-state index in [1.54, 1.807) is 0 Å². The second kappa shape index (κ2) is 11.6. The number of unbranched alkanes of at least 4 members (excludes halogenated alkanes) is 7. The van der Waals surface area contributed by atoms with Gasteiger partial charge in [0.15, 0.2) is 0 Å². The second-order valence-corrected chi connectivity index (χ2v) is 7.84. The lowest BCUT2D eigenvalue weighted by Gasteiger charge is -2.10. The zero-order valence-electron chi connectivity index (χ0n) is 18.1. The molecule has 156 valence electrons. The summed E-state index contributed by atoms with van der Waals surface area (Å²) in [5.74, 6) is 1.66. The van der Waals surface area contributed by atoms with E-state index in [9.17, 15) is 0 Å². The molecule has 0 aliphatic rings. The van der Waals surface area contributed by atoms with Gasteiger partial charge in [0.25, 0.3) is 0 Å². The Morgan fingerprint density at radius 3 is 2.21 bits per heavy atom. The van der Waals surface area contributed by atoms with Crippen molar-refractivity contribution in [1.29, 1.82) is 0 Å². The fraction of sp³-hybridized carbons (Fsp3) is 0.500. The van der Waals surface area contributed by atoms with Crippen molar-refractivity contribution >= 4 is 21.7 Å². The third-order valence-electron chi connectivity index (χ3n) is 5.40. The maximum absolute atomic E-state index is 5.99. The normalized spacial score (nSPS) is 11.2. The fourth-order valence-electron chi connectivity index (χ4n) is 3.64. The monoisotopic (exact) mass is 393 g/mol. The minimum atomic E-state index is 0.708. The van der Waals surface area contributed by atoms with Crippen LogP contribution in [0.4, 0.5) is 0 Å². The van der Waals surface area contributed by atoms with Crippen LogP contribution in [0.1, 0.15) is 71.6 Å². The molecule has 29 heavy (non-hydrogen) atoms. The molecule has 0 amide bonds. The largest absolute Gasteiger partial charge is 0.494 e. The van der Waals surface area contributed by atoms with Crippen LogP contribution in [0.3, 0.4) is 0 Å². The summed E-state index contributed by atoms with van der Waals surface area (Å²) >= 11 is 0. The molecule has 1 aromatic heterocycles. The zero-order chi connectivity index (χ0) is 20.3. The van der Waals surface area contributed by atoms with Gasteiger partial charge in [0.2, 0.25) is 5.88 Å². The fourth-order valence-corrected chi connectivity index (χ4v) is 3.64. The Bertz CT molecular complexity index is 890. The summed E-state index contributed by atoms with van der Waals surface area (Å²) in [6.07, 6.45) is 11.3. The van der Waals surface area contributed by atoms with Gasteiger partial charge >= 0.3 is 0 Å². The molecular weight excluding hydrogens is 358 g/mol. The van der Waals surface area contributed by atoms with Gasteiger partial charge in [-0.05, 0) is 47.9 Å². The highest BCUT2D eigenvalue weighted by Gasteiger charge is 2.05. The van der Waals surface area contributed by atoms with Crippen LogP contribution >= 0.6 is 0 Å². The van der Waals surface area contributed by atoms with Gasteiger partial charge in [0.05, 0.1) is 18.7 Å². The number of benzene rings is 2. The standard InChI is InChI=1S/C26H35NO2/c1-3-5-7-8-9-10-11-19-28-22-13-14-23-21(20-22)12-16-25-24(23)15-17-26(27-25)29-18-6-4-2/h12-17,20H,3-11,18-19H2,1-2H3. The predicted octanol–water partition coefficient (Wildman–Crippen LogP) is 7.70. The van der Waals surface area contributed by atoms with Gasteiger partial charge in [0, 0.05) is 11.5 Å². The SMILES string of the molecule is CCCCCCCCCOc1ccc2c(ccc3nc(OCCCC)ccc32)c1. The van der Waals surface area contributed by atoms with E-state index in [1.165, 1.54) is 49.3 Å². The molecule has 0 fully saturated rings. The molecular formula is C26H35NO2. The maximum atomic E-state index is 5.99. The van der Waals surface area contributed by atoms with Crippen LogP contribution in [0.5, 0.6) is 11.6 Å². The minimum Gasteiger partial charge on any atom is -0.494 e. The number of aromatic nitrogens is 1. The van der Waals surface area contributed by atoms with Crippen LogP contribution in [-0.2, 0) is 0 Å². The van der Waals surface area contributed by atoms with E-state index in [2.05, 4.69) is 55.2 Å². The first-order valence-corrected chi connectivity index (χ1v) is 11.4. The van der Waals surface area contributed by atoms with Crippen LogP contribution in [0.25, 0.3) is 21.7 Å². The van der Waals surface area contributed by atoms with Gasteiger partial charge in [-0.2, -0.15) is 0 Å². The van der Waals surface area contributed by atoms with E-state index >= 15 is 0 Å². The molecule has 1 heterocycles. The Morgan fingerprint density at radius 2 is 1.38 bits per heavy atom. The lowest BCUT2D eigenvalue weighted by Crippen LogP contribution is -1.98. The van der Waals surface area contributed by atoms with E-state index < -0.39 is 0 Å². The van der Waals surface area contributed by atoms with Crippen molar-refractivity contribution in [2.45, 2.75) is 71.6 Å². The molecule has 0 aliphatic carbocycles. The third kappa shape index (κ3) is 6.35. The Labute approximate surface area is 175 Å². The Balaban J connectivity index is 1.57. The maximum Gasteiger partial charge on any atom is 0.213 e. The highest BCUT2D eigenvalue weighted by atomic mass is 16.5. The van der Waals surface area contributed by atoms with Crippen LogP contribution in [0, 0.1) is 0 Å². The molecule has 2 aromatic carbocycles.